The van der Waals surface area contributed by atoms with Crippen molar-refractivity contribution in [1.29, 1.82) is 0 Å². The number of halogens is 3. The highest BCUT2D eigenvalue weighted by atomic mass is 19.1. The average Bonchev–Trinajstić information content (AvgIpc) is 2.45. The Kier molecular flexibility index (Phi) is 6.97. The van der Waals surface area contributed by atoms with Gasteiger partial charge in [-0.1, -0.05) is 6.08 Å². The molecule has 0 aliphatic carbocycles. The van der Waals surface area contributed by atoms with Gasteiger partial charge in [-0.15, -0.1) is 0 Å². The van der Waals surface area contributed by atoms with Gasteiger partial charge in [0.2, 0.25) is 5.91 Å². The van der Waals surface area contributed by atoms with E-state index in [2.05, 4.69) is 4.74 Å². The van der Waals surface area contributed by atoms with E-state index in [1.54, 1.807) is 6.92 Å². The number of amides is 2. The topological polar surface area (TPSA) is 98.5 Å². The molecule has 0 bridgehead atoms. The highest BCUT2D eigenvalue weighted by molar-refractivity contribution is 5.97. The van der Waals surface area contributed by atoms with Crippen molar-refractivity contribution in [1.82, 2.24) is 5.32 Å². The molecule has 1 aromatic rings. The Morgan fingerprint density at radius 3 is 2.33 bits per heavy atom. The second-order valence-electron chi connectivity index (χ2n) is 4.56. The molecule has 0 saturated carbocycles. The largest absolute Gasteiger partial charge is 0.463 e. The molecule has 0 fully saturated rings. The highest BCUT2D eigenvalue weighted by Gasteiger charge is 2.23. The summed E-state index contributed by atoms with van der Waals surface area (Å²) in [4.78, 5) is 34.3. The number of nitrogens with one attached hydrogen (secondary N) is 1. The molecule has 0 aromatic heterocycles. The van der Waals surface area contributed by atoms with E-state index in [1.807, 2.05) is 5.32 Å². The van der Waals surface area contributed by atoms with Gasteiger partial charge in [0.05, 0.1) is 6.61 Å². The summed E-state index contributed by atoms with van der Waals surface area (Å²) in [5, 5.41) is 2.02. The first-order valence-corrected chi connectivity index (χ1v) is 6.84. The lowest BCUT2D eigenvalue weighted by Crippen LogP contribution is -2.44. The van der Waals surface area contributed by atoms with Crippen LogP contribution in [0, 0.1) is 17.5 Å². The van der Waals surface area contributed by atoms with Gasteiger partial charge < -0.3 is 15.8 Å². The smallest absolute Gasteiger partial charge is 0.330 e. The Balaban J connectivity index is 2.84. The molecule has 6 nitrogen and oxygen atoms in total. The first-order valence-electron chi connectivity index (χ1n) is 6.84. The lowest BCUT2D eigenvalue weighted by molar-refractivity contribution is -0.137. The summed E-state index contributed by atoms with van der Waals surface area (Å²) in [6.45, 7) is 1.76. The number of carbonyl (C=O) groups excluding carboxylic acids is 3. The van der Waals surface area contributed by atoms with Crippen molar-refractivity contribution >= 4 is 17.8 Å². The normalized spacial score (nSPS) is 12.0. The maximum absolute atomic E-state index is 13.5. The number of esters is 1. The van der Waals surface area contributed by atoms with Gasteiger partial charge >= 0.3 is 5.97 Å². The third-order valence-corrected chi connectivity index (χ3v) is 2.80. The van der Waals surface area contributed by atoms with E-state index < -0.39 is 46.8 Å². The molecule has 0 saturated heterocycles. The zero-order valence-electron chi connectivity index (χ0n) is 12.6. The molecule has 0 aliphatic heterocycles. The third-order valence-electron chi connectivity index (χ3n) is 2.80. The van der Waals surface area contributed by atoms with Crippen LogP contribution in [0.2, 0.25) is 0 Å². The van der Waals surface area contributed by atoms with Crippen LogP contribution in [0.15, 0.2) is 24.3 Å². The molecule has 0 heterocycles. The fraction of sp³-hybridized carbons (Fsp3) is 0.267. The summed E-state index contributed by atoms with van der Waals surface area (Å²) >= 11 is 0. The lowest BCUT2D eigenvalue weighted by atomic mass is 10.1. The zero-order chi connectivity index (χ0) is 18.3. The molecule has 9 heteroatoms. The van der Waals surface area contributed by atoms with Gasteiger partial charge in [-0.05, 0) is 13.3 Å². The van der Waals surface area contributed by atoms with E-state index in [1.165, 1.54) is 6.08 Å². The minimum Gasteiger partial charge on any atom is -0.463 e. The van der Waals surface area contributed by atoms with Crippen LogP contribution in [0.3, 0.4) is 0 Å². The minimum absolute atomic E-state index is 0.155. The molecule has 0 spiro atoms. The summed E-state index contributed by atoms with van der Waals surface area (Å²) in [5.74, 6) is -6.96. The van der Waals surface area contributed by atoms with Crippen LogP contribution in [0.1, 0.15) is 23.7 Å². The van der Waals surface area contributed by atoms with Crippen molar-refractivity contribution in [2.45, 2.75) is 19.4 Å². The highest BCUT2D eigenvalue weighted by Crippen LogP contribution is 2.15. The van der Waals surface area contributed by atoms with Gasteiger partial charge in [-0.25, -0.2) is 18.0 Å². The lowest BCUT2D eigenvalue weighted by Gasteiger charge is -2.14. The Morgan fingerprint density at radius 1 is 1.25 bits per heavy atom. The standard InChI is InChI=1S/C15H15F3N2O4/c1-2-24-12(21)5-3-4-11(14(19)22)20-15(23)13-9(17)6-8(16)7-10(13)18/h3,5-7,11H,2,4H2,1H3,(H2,19,22)(H,20,23)/b5-3+/t11-/m1/s1. The maximum atomic E-state index is 13.5. The van der Waals surface area contributed by atoms with Crippen LogP contribution in [0.4, 0.5) is 13.2 Å². The monoisotopic (exact) mass is 344 g/mol. The van der Waals surface area contributed by atoms with Crippen LogP contribution in [0.25, 0.3) is 0 Å². The van der Waals surface area contributed by atoms with E-state index in [0.29, 0.717) is 12.1 Å². The summed E-state index contributed by atoms with van der Waals surface area (Å²) < 4.78 is 44.5. The van der Waals surface area contributed by atoms with Crippen LogP contribution in [-0.4, -0.2) is 30.4 Å². The van der Waals surface area contributed by atoms with E-state index in [0.717, 1.165) is 6.08 Å². The predicted octanol–water partition coefficient (Wildman–Crippen LogP) is 1.20. The molecule has 1 rings (SSSR count). The molecule has 1 atom stereocenters. The Labute approximate surface area is 135 Å². The minimum atomic E-state index is -1.42. The van der Waals surface area contributed by atoms with Gasteiger partial charge in [0.25, 0.3) is 5.91 Å². The molecule has 2 amide bonds. The number of hydrogen-bond donors (Lipinski definition) is 2. The van der Waals surface area contributed by atoms with Gasteiger partial charge in [0, 0.05) is 18.2 Å². The number of benzene rings is 1. The van der Waals surface area contributed by atoms with E-state index in [4.69, 9.17) is 5.73 Å². The van der Waals surface area contributed by atoms with Gasteiger partial charge in [-0.3, -0.25) is 9.59 Å². The van der Waals surface area contributed by atoms with Crippen LogP contribution >= 0.6 is 0 Å². The number of rotatable bonds is 7. The van der Waals surface area contributed by atoms with Crippen LogP contribution in [0.5, 0.6) is 0 Å². The maximum Gasteiger partial charge on any atom is 0.330 e. The average molecular weight is 344 g/mol. The zero-order valence-corrected chi connectivity index (χ0v) is 12.6. The van der Waals surface area contributed by atoms with Crippen LogP contribution in [-0.2, 0) is 14.3 Å². The molecule has 0 aliphatic rings. The van der Waals surface area contributed by atoms with Crippen LogP contribution < -0.4 is 11.1 Å². The molecule has 3 N–H and O–H groups in total. The second-order valence-corrected chi connectivity index (χ2v) is 4.56. The second kappa shape index (κ2) is 8.70. The first kappa shape index (κ1) is 19.2. The van der Waals surface area contributed by atoms with Crippen molar-refractivity contribution in [2.75, 3.05) is 6.61 Å². The van der Waals surface area contributed by atoms with Crippen molar-refractivity contribution in [3.05, 3.63) is 47.3 Å². The number of primary amides is 1. The summed E-state index contributed by atoms with van der Waals surface area (Å²) in [6.07, 6.45) is 2.03. The van der Waals surface area contributed by atoms with Gasteiger partial charge in [0.1, 0.15) is 29.1 Å². The predicted molar refractivity (Wildman–Crippen MR) is 77.2 cm³/mol. The molecule has 0 unspecified atom stereocenters. The van der Waals surface area contributed by atoms with E-state index >= 15 is 0 Å². The van der Waals surface area contributed by atoms with Gasteiger partial charge in [0.15, 0.2) is 0 Å². The third kappa shape index (κ3) is 5.41. The summed E-state index contributed by atoms with van der Waals surface area (Å²) in [7, 11) is 0. The Hall–Kier alpha value is -2.84. The molecule has 1 aromatic carbocycles. The number of ether oxygens (including phenoxy) is 1. The first-order chi connectivity index (χ1) is 11.3. The van der Waals surface area contributed by atoms with Crippen molar-refractivity contribution in [3.63, 3.8) is 0 Å². The molecule has 130 valence electrons. The Bertz CT molecular complexity index is 654. The SMILES string of the molecule is CCOC(=O)/C=C/C[C@@H](NC(=O)c1c(F)cc(F)cc1F)C(N)=O. The molecular weight excluding hydrogens is 329 g/mol. The number of hydrogen-bond acceptors (Lipinski definition) is 4. The van der Waals surface area contributed by atoms with Gasteiger partial charge in [-0.2, -0.15) is 0 Å². The Morgan fingerprint density at radius 2 is 1.83 bits per heavy atom. The summed E-state index contributed by atoms with van der Waals surface area (Å²) in [5.41, 5.74) is 4.04. The number of carbonyl (C=O) groups is 3. The van der Waals surface area contributed by atoms with Crippen molar-refractivity contribution < 1.29 is 32.3 Å². The molecule has 24 heavy (non-hydrogen) atoms. The quantitative estimate of drug-likeness (QED) is 0.573. The van der Waals surface area contributed by atoms with Crippen molar-refractivity contribution in [3.8, 4) is 0 Å². The fourth-order valence-electron chi connectivity index (χ4n) is 1.73. The summed E-state index contributed by atoms with van der Waals surface area (Å²) in [6, 6.07) is -0.664. The number of nitrogens with two attached hydrogens (primary N) is 1. The van der Waals surface area contributed by atoms with E-state index in [9.17, 15) is 27.6 Å². The van der Waals surface area contributed by atoms with Crippen molar-refractivity contribution in [2.24, 2.45) is 5.73 Å². The fourth-order valence-corrected chi connectivity index (χ4v) is 1.73. The van der Waals surface area contributed by atoms with E-state index in [-0.39, 0.29) is 13.0 Å². The molecule has 0 radical (unpaired) electrons. The molecular formula is C15H15F3N2O4.